The highest BCUT2D eigenvalue weighted by atomic mass is 19.1. The van der Waals surface area contributed by atoms with Gasteiger partial charge in [-0.05, 0) is 24.6 Å². The van der Waals surface area contributed by atoms with Gasteiger partial charge in [-0.15, -0.1) is 0 Å². The predicted octanol–water partition coefficient (Wildman–Crippen LogP) is 3.21. The molecule has 0 aliphatic carbocycles. The molecule has 2 aromatic carbocycles. The normalized spacial score (nSPS) is 10.7. The van der Waals surface area contributed by atoms with E-state index in [0.29, 0.717) is 11.3 Å². The lowest BCUT2D eigenvalue weighted by Gasteiger charge is -2.07. The fourth-order valence-corrected chi connectivity index (χ4v) is 2.44. The van der Waals surface area contributed by atoms with Crippen molar-refractivity contribution in [3.8, 4) is 11.3 Å². The molecule has 0 fully saturated rings. The summed E-state index contributed by atoms with van der Waals surface area (Å²) in [5.41, 5.74) is 2.92. The van der Waals surface area contributed by atoms with Crippen LogP contribution in [0.2, 0.25) is 0 Å². The second-order valence-corrected chi connectivity index (χ2v) is 5.66. The van der Waals surface area contributed by atoms with Gasteiger partial charge in [0.25, 0.3) is 5.91 Å². The predicted molar refractivity (Wildman–Crippen MR) is 90.2 cm³/mol. The summed E-state index contributed by atoms with van der Waals surface area (Å²) >= 11 is 0. The third kappa shape index (κ3) is 3.75. The maximum absolute atomic E-state index is 13.4. The average molecular weight is 340 g/mol. The number of hydrogen-bond acceptors (Lipinski definition) is 4. The molecule has 0 saturated heterocycles. The van der Waals surface area contributed by atoms with E-state index >= 15 is 0 Å². The van der Waals surface area contributed by atoms with E-state index in [1.54, 1.807) is 6.07 Å². The Morgan fingerprint density at radius 1 is 1.24 bits per heavy atom. The van der Waals surface area contributed by atoms with E-state index in [9.17, 15) is 9.18 Å². The first-order chi connectivity index (χ1) is 12.1. The highest BCUT2D eigenvalue weighted by molar-refractivity contribution is 5.97. The van der Waals surface area contributed by atoms with Crippen LogP contribution in [0.5, 0.6) is 0 Å². The first-order valence-corrected chi connectivity index (χ1v) is 7.75. The van der Waals surface area contributed by atoms with Crippen LogP contribution in [-0.4, -0.2) is 16.0 Å². The number of oxazole rings is 1. The minimum atomic E-state index is -0.476. The van der Waals surface area contributed by atoms with Crippen LogP contribution in [0, 0.1) is 12.7 Å². The van der Waals surface area contributed by atoms with Crippen LogP contribution in [0.25, 0.3) is 11.3 Å². The molecule has 1 aromatic heterocycles. The molecule has 3 aromatic rings. The molecular weight excluding hydrogens is 323 g/mol. The lowest BCUT2D eigenvalue weighted by Crippen LogP contribution is -2.23. The standard InChI is InChI=1S/C19H17FN2O3/c1-12-2-5-14(6-3-12)18-17(22-11-25-18)19(24)21-9-13-4-7-16(20)15(8-13)10-23/h2-8,11,23H,9-10H2,1H3,(H,21,24). The van der Waals surface area contributed by atoms with Gasteiger partial charge in [0, 0.05) is 17.7 Å². The van der Waals surface area contributed by atoms with Gasteiger partial charge in [0.1, 0.15) is 5.82 Å². The number of nitrogens with one attached hydrogen (secondary N) is 1. The van der Waals surface area contributed by atoms with E-state index in [-0.39, 0.29) is 23.7 Å². The molecule has 3 rings (SSSR count). The molecule has 25 heavy (non-hydrogen) atoms. The molecule has 0 aliphatic heterocycles. The smallest absolute Gasteiger partial charge is 0.274 e. The van der Waals surface area contributed by atoms with E-state index in [1.165, 1.54) is 18.5 Å². The van der Waals surface area contributed by atoms with E-state index in [2.05, 4.69) is 10.3 Å². The highest BCUT2D eigenvalue weighted by Gasteiger charge is 2.18. The molecule has 0 atom stereocenters. The van der Waals surface area contributed by atoms with E-state index in [4.69, 9.17) is 9.52 Å². The van der Waals surface area contributed by atoms with Crippen LogP contribution in [-0.2, 0) is 13.2 Å². The summed E-state index contributed by atoms with van der Waals surface area (Å²) in [5, 5.41) is 11.8. The average Bonchev–Trinajstić information content (AvgIpc) is 3.11. The molecule has 128 valence electrons. The summed E-state index contributed by atoms with van der Waals surface area (Å²) in [6.45, 7) is 1.77. The molecule has 1 heterocycles. The fraction of sp³-hybridized carbons (Fsp3) is 0.158. The van der Waals surface area contributed by atoms with Crippen LogP contribution in [0.3, 0.4) is 0 Å². The van der Waals surface area contributed by atoms with Crippen LogP contribution < -0.4 is 5.32 Å². The molecule has 5 nitrogen and oxygen atoms in total. The van der Waals surface area contributed by atoms with Crippen molar-refractivity contribution in [2.24, 2.45) is 0 Å². The first-order valence-electron chi connectivity index (χ1n) is 7.75. The van der Waals surface area contributed by atoms with E-state index in [1.807, 2.05) is 31.2 Å². The van der Waals surface area contributed by atoms with Gasteiger partial charge in [0.2, 0.25) is 0 Å². The number of nitrogens with zero attached hydrogens (tertiary/aromatic N) is 1. The van der Waals surface area contributed by atoms with Gasteiger partial charge in [-0.3, -0.25) is 4.79 Å². The van der Waals surface area contributed by atoms with E-state index in [0.717, 1.165) is 11.1 Å². The molecule has 2 N–H and O–H groups in total. The molecule has 0 unspecified atom stereocenters. The maximum atomic E-state index is 13.4. The molecule has 1 amide bonds. The zero-order valence-electron chi connectivity index (χ0n) is 13.6. The zero-order chi connectivity index (χ0) is 17.8. The number of benzene rings is 2. The zero-order valence-corrected chi connectivity index (χ0v) is 13.6. The van der Waals surface area contributed by atoms with Crippen molar-refractivity contribution in [2.75, 3.05) is 0 Å². The number of aliphatic hydroxyl groups is 1. The van der Waals surface area contributed by atoms with Gasteiger partial charge in [0.05, 0.1) is 6.61 Å². The molecule has 0 bridgehead atoms. The number of hydrogen-bond donors (Lipinski definition) is 2. The van der Waals surface area contributed by atoms with Crippen LogP contribution in [0.1, 0.15) is 27.2 Å². The Labute approximate surface area is 144 Å². The van der Waals surface area contributed by atoms with Gasteiger partial charge in [-0.25, -0.2) is 9.37 Å². The molecule has 0 spiro atoms. The Morgan fingerprint density at radius 2 is 2.00 bits per heavy atom. The molecule has 6 heteroatoms. The van der Waals surface area contributed by atoms with Crippen molar-refractivity contribution in [3.63, 3.8) is 0 Å². The largest absolute Gasteiger partial charge is 0.443 e. The van der Waals surface area contributed by atoms with Gasteiger partial charge in [0.15, 0.2) is 17.8 Å². The molecule has 0 saturated carbocycles. The number of halogens is 1. The second-order valence-electron chi connectivity index (χ2n) is 5.66. The SMILES string of the molecule is Cc1ccc(-c2ocnc2C(=O)NCc2ccc(F)c(CO)c2)cc1. The number of aromatic nitrogens is 1. The van der Waals surface area contributed by atoms with Crippen LogP contribution in [0.4, 0.5) is 4.39 Å². The van der Waals surface area contributed by atoms with Gasteiger partial charge in [-0.2, -0.15) is 0 Å². The number of aliphatic hydroxyl groups excluding tert-OH is 1. The van der Waals surface area contributed by atoms with Crippen molar-refractivity contribution in [1.82, 2.24) is 10.3 Å². The Bertz CT molecular complexity index is 888. The molecule has 0 aliphatic rings. The lowest BCUT2D eigenvalue weighted by molar-refractivity contribution is 0.0946. The lowest BCUT2D eigenvalue weighted by atomic mass is 10.1. The van der Waals surface area contributed by atoms with Crippen LogP contribution >= 0.6 is 0 Å². The van der Waals surface area contributed by atoms with Gasteiger partial charge in [-0.1, -0.05) is 35.9 Å². The monoisotopic (exact) mass is 340 g/mol. The second kappa shape index (κ2) is 7.27. The summed E-state index contributed by atoms with van der Waals surface area (Å²) in [7, 11) is 0. The number of amides is 1. The van der Waals surface area contributed by atoms with Crippen molar-refractivity contribution in [2.45, 2.75) is 20.1 Å². The van der Waals surface area contributed by atoms with Gasteiger partial charge >= 0.3 is 0 Å². The number of rotatable bonds is 5. The fourth-order valence-electron chi connectivity index (χ4n) is 2.44. The Balaban J connectivity index is 1.74. The topological polar surface area (TPSA) is 75.4 Å². The Hall–Kier alpha value is -2.99. The minimum absolute atomic E-state index is 0.187. The molecular formula is C19H17FN2O3. The Morgan fingerprint density at radius 3 is 2.72 bits per heavy atom. The summed E-state index contributed by atoms with van der Waals surface area (Å²) in [4.78, 5) is 16.4. The van der Waals surface area contributed by atoms with E-state index < -0.39 is 12.4 Å². The van der Waals surface area contributed by atoms with Gasteiger partial charge < -0.3 is 14.8 Å². The van der Waals surface area contributed by atoms with Crippen LogP contribution in [0.15, 0.2) is 53.3 Å². The maximum Gasteiger partial charge on any atom is 0.274 e. The number of carbonyl (C=O) groups is 1. The summed E-state index contributed by atoms with van der Waals surface area (Å²) in [6, 6.07) is 11.9. The minimum Gasteiger partial charge on any atom is -0.443 e. The highest BCUT2D eigenvalue weighted by Crippen LogP contribution is 2.23. The summed E-state index contributed by atoms with van der Waals surface area (Å²) in [6.07, 6.45) is 1.23. The molecule has 0 radical (unpaired) electrons. The Kier molecular flexibility index (Phi) is 4.90. The van der Waals surface area contributed by atoms with Crippen molar-refractivity contribution >= 4 is 5.91 Å². The summed E-state index contributed by atoms with van der Waals surface area (Å²) < 4.78 is 18.8. The number of carbonyl (C=O) groups excluding carboxylic acids is 1. The van der Waals surface area contributed by atoms with Crippen molar-refractivity contribution < 1.29 is 18.7 Å². The number of aryl methyl sites for hydroxylation is 1. The van der Waals surface area contributed by atoms with Crippen molar-refractivity contribution in [3.05, 3.63) is 77.1 Å². The third-order valence-electron chi connectivity index (χ3n) is 3.83. The van der Waals surface area contributed by atoms with Crippen molar-refractivity contribution in [1.29, 1.82) is 0 Å². The third-order valence-corrected chi connectivity index (χ3v) is 3.83. The first kappa shape index (κ1) is 16.9. The summed E-state index contributed by atoms with van der Waals surface area (Å²) in [5.74, 6) is -0.470. The quantitative estimate of drug-likeness (QED) is 0.748.